The highest BCUT2D eigenvalue weighted by molar-refractivity contribution is 5.92. The minimum Gasteiger partial charge on any atom is -0.467 e. The van der Waals surface area contributed by atoms with E-state index in [2.05, 4.69) is 10.4 Å². The molecule has 0 saturated heterocycles. The molecule has 0 bridgehead atoms. The van der Waals surface area contributed by atoms with Gasteiger partial charge in [-0.05, 0) is 38.1 Å². The predicted octanol–water partition coefficient (Wildman–Crippen LogP) is 2.76. The first-order chi connectivity index (χ1) is 12.0. The first-order valence-corrected chi connectivity index (χ1v) is 7.67. The van der Waals surface area contributed by atoms with Gasteiger partial charge in [0.1, 0.15) is 17.3 Å². The van der Waals surface area contributed by atoms with Crippen molar-refractivity contribution in [2.75, 3.05) is 0 Å². The molecule has 0 fully saturated rings. The number of nitrogens with zero attached hydrogens (tertiary/aromatic N) is 2. The molecular formula is C18H16FN3O3. The average molecular weight is 341 g/mol. The Morgan fingerprint density at radius 2 is 2.04 bits per heavy atom. The van der Waals surface area contributed by atoms with Crippen LogP contribution in [-0.4, -0.2) is 15.7 Å². The molecule has 2 heterocycles. The Morgan fingerprint density at radius 1 is 1.28 bits per heavy atom. The highest BCUT2D eigenvalue weighted by Crippen LogP contribution is 2.14. The van der Waals surface area contributed by atoms with Crippen molar-refractivity contribution in [3.8, 4) is 5.69 Å². The summed E-state index contributed by atoms with van der Waals surface area (Å²) in [5.41, 5.74) is -0.264. The largest absolute Gasteiger partial charge is 0.467 e. The summed E-state index contributed by atoms with van der Waals surface area (Å²) in [6.45, 7) is 3.34. The number of carbonyl (C=O) groups is 1. The number of hydrogen-bond acceptors (Lipinski definition) is 4. The van der Waals surface area contributed by atoms with Gasteiger partial charge in [-0.15, -0.1) is 0 Å². The first kappa shape index (κ1) is 16.6. The van der Waals surface area contributed by atoms with Gasteiger partial charge in [0.05, 0.1) is 12.3 Å². The number of furan rings is 1. The first-order valence-electron chi connectivity index (χ1n) is 7.67. The number of para-hydroxylation sites is 1. The number of carbonyl (C=O) groups excluding carboxylic acids is 1. The second-order valence-electron chi connectivity index (χ2n) is 5.57. The third kappa shape index (κ3) is 3.35. The van der Waals surface area contributed by atoms with Crippen LogP contribution in [-0.2, 0) is 0 Å². The van der Waals surface area contributed by atoms with Crippen molar-refractivity contribution in [3.05, 3.63) is 81.9 Å². The standard InChI is InChI=1S/C18H16FN3O3/c1-11-10-15(23)17(18(24)20-12(2)16-8-5-9-25-16)21-22(11)14-7-4-3-6-13(14)19/h3-10,12H,1-2H3,(H,20,24)/t12-/m0/s1. The van der Waals surface area contributed by atoms with E-state index in [1.807, 2.05) is 0 Å². The van der Waals surface area contributed by atoms with E-state index in [4.69, 9.17) is 4.42 Å². The van der Waals surface area contributed by atoms with E-state index in [1.54, 1.807) is 38.1 Å². The van der Waals surface area contributed by atoms with Crippen LogP contribution < -0.4 is 10.7 Å². The van der Waals surface area contributed by atoms with Crippen molar-refractivity contribution in [3.63, 3.8) is 0 Å². The molecule has 0 radical (unpaired) electrons. The van der Waals surface area contributed by atoms with Gasteiger partial charge >= 0.3 is 0 Å². The van der Waals surface area contributed by atoms with Crippen LogP contribution in [0.3, 0.4) is 0 Å². The highest BCUT2D eigenvalue weighted by atomic mass is 19.1. The smallest absolute Gasteiger partial charge is 0.276 e. The van der Waals surface area contributed by atoms with Crippen LogP contribution >= 0.6 is 0 Å². The van der Waals surface area contributed by atoms with Crippen LogP contribution in [0, 0.1) is 12.7 Å². The molecule has 0 unspecified atom stereocenters. The van der Waals surface area contributed by atoms with Gasteiger partial charge in [-0.2, -0.15) is 5.10 Å². The van der Waals surface area contributed by atoms with Crippen molar-refractivity contribution in [2.24, 2.45) is 0 Å². The van der Waals surface area contributed by atoms with Crippen molar-refractivity contribution in [1.29, 1.82) is 0 Å². The molecule has 0 aliphatic heterocycles. The van der Waals surface area contributed by atoms with E-state index < -0.39 is 23.2 Å². The topological polar surface area (TPSA) is 77.1 Å². The van der Waals surface area contributed by atoms with Crippen molar-refractivity contribution in [2.45, 2.75) is 19.9 Å². The number of benzene rings is 1. The third-order valence-corrected chi connectivity index (χ3v) is 3.72. The molecule has 0 spiro atoms. The van der Waals surface area contributed by atoms with Crippen molar-refractivity contribution in [1.82, 2.24) is 15.1 Å². The molecule has 25 heavy (non-hydrogen) atoms. The molecule has 1 atom stereocenters. The van der Waals surface area contributed by atoms with Gasteiger partial charge in [-0.25, -0.2) is 9.07 Å². The summed E-state index contributed by atoms with van der Waals surface area (Å²) < 4.78 is 20.5. The summed E-state index contributed by atoms with van der Waals surface area (Å²) in [5, 5.41) is 6.71. The minimum absolute atomic E-state index is 0.160. The van der Waals surface area contributed by atoms with Gasteiger partial charge in [0, 0.05) is 11.8 Å². The number of hydrogen-bond donors (Lipinski definition) is 1. The number of amides is 1. The molecule has 0 aliphatic carbocycles. The van der Waals surface area contributed by atoms with Gasteiger partial charge < -0.3 is 9.73 Å². The number of aryl methyl sites for hydroxylation is 1. The molecular weight excluding hydrogens is 325 g/mol. The summed E-state index contributed by atoms with van der Waals surface area (Å²) in [7, 11) is 0. The van der Waals surface area contributed by atoms with Crippen LogP contribution in [0.15, 0.2) is 57.9 Å². The minimum atomic E-state index is -0.654. The van der Waals surface area contributed by atoms with E-state index in [-0.39, 0.29) is 11.4 Å². The highest BCUT2D eigenvalue weighted by Gasteiger charge is 2.19. The summed E-state index contributed by atoms with van der Waals surface area (Å²) in [6.07, 6.45) is 1.49. The monoisotopic (exact) mass is 341 g/mol. The van der Waals surface area contributed by atoms with Crippen LogP contribution in [0.5, 0.6) is 0 Å². The maximum Gasteiger partial charge on any atom is 0.276 e. The van der Waals surface area contributed by atoms with Crippen LogP contribution in [0.4, 0.5) is 4.39 Å². The quantitative estimate of drug-likeness (QED) is 0.791. The van der Waals surface area contributed by atoms with Crippen LogP contribution in [0.2, 0.25) is 0 Å². The van der Waals surface area contributed by atoms with Gasteiger partial charge in [0.2, 0.25) is 5.43 Å². The Kier molecular flexibility index (Phi) is 4.47. The fourth-order valence-electron chi connectivity index (χ4n) is 2.45. The maximum atomic E-state index is 14.0. The molecule has 0 aliphatic rings. The molecule has 1 aromatic carbocycles. The zero-order valence-corrected chi connectivity index (χ0v) is 13.7. The molecule has 128 valence electrons. The molecule has 2 aromatic heterocycles. The average Bonchev–Trinajstić information content (AvgIpc) is 3.10. The lowest BCUT2D eigenvalue weighted by molar-refractivity contribution is 0.0927. The lowest BCUT2D eigenvalue weighted by Crippen LogP contribution is -2.33. The molecule has 3 rings (SSSR count). The molecule has 1 N–H and O–H groups in total. The lowest BCUT2D eigenvalue weighted by atomic mass is 10.2. The molecule has 7 heteroatoms. The van der Waals surface area contributed by atoms with Gasteiger partial charge in [0.25, 0.3) is 5.91 Å². The zero-order valence-electron chi connectivity index (χ0n) is 13.7. The second kappa shape index (κ2) is 6.72. The Balaban J connectivity index is 1.97. The predicted molar refractivity (Wildman–Crippen MR) is 89.1 cm³/mol. The molecule has 0 saturated carbocycles. The van der Waals surface area contributed by atoms with Gasteiger partial charge in [0.15, 0.2) is 5.69 Å². The Labute approximate surface area is 142 Å². The number of nitrogens with one attached hydrogen (secondary N) is 1. The summed E-state index contributed by atoms with van der Waals surface area (Å²) >= 11 is 0. The summed E-state index contributed by atoms with van der Waals surface area (Å²) in [5.74, 6) is -0.606. The van der Waals surface area contributed by atoms with Gasteiger partial charge in [-0.1, -0.05) is 12.1 Å². The zero-order chi connectivity index (χ0) is 18.0. The van der Waals surface area contributed by atoms with Gasteiger partial charge in [-0.3, -0.25) is 9.59 Å². The van der Waals surface area contributed by atoms with E-state index in [0.29, 0.717) is 11.5 Å². The van der Waals surface area contributed by atoms with E-state index >= 15 is 0 Å². The van der Waals surface area contributed by atoms with Crippen LogP contribution in [0.25, 0.3) is 5.69 Å². The van der Waals surface area contributed by atoms with E-state index in [0.717, 1.165) is 0 Å². The summed E-state index contributed by atoms with van der Waals surface area (Å²) in [6, 6.07) is 10.2. The molecule has 6 nitrogen and oxygen atoms in total. The maximum absolute atomic E-state index is 14.0. The Hall–Kier alpha value is -3.22. The number of halogens is 1. The van der Waals surface area contributed by atoms with Crippen LogP contribution in [0.1, 0.15) is 34.9 Å². The number of aromatic nitrogens is 2. The van der Waals surface area contributed by atoms with Crippen molar-refractivity contribution < 1.29 is 13.6 Å². The molecule has 1 amide bonds. The number of rotatable bonds is 4. The fraction of sp³-hybridized carbons (Fsp3) is 0.167. The van der Waals surface area contributed by atoms with Crippen molar-refractivity contribution >= 4 is 5.91 Å². The second-order valence-corrected chi connectivity index (χ2v) is 5.57. The van der Waals surface area contributed by atoms with E-state index in [9.17, 15) is 14.0 Å². The fourth-order valence-corrected chi connectivity index (χ4v) is 2.45. The normalized spacial score (nSPS) is 12.0. The lowest BCUT2D eigenvalue weighted by Gasteiger charge is -2.14. The SMILES string of the molecule is Cc1cc(=O)c(C(=O)N[C@@H](C)c2ccco2)nn1-c1ccccc1F. The Bertz CT molecular complexity index is 964. The Morgan fingerprint density at radius 3 is 2.72 bits per heavy atom. The summed E-state index contributed by atoms with van der Waals surface area (Å²) in [4.78, 5) is 24.6. The third-order valence-electron chi connectivity index (χ3n) is 3.72. The molecule has 3 aromatic rings. The van der Waals surface area contributed by atoms with E-state index in [1.165, 1.54) is 29.1 Å².